The minimum Gasteiger partial charge on any atom is -0.350 e. The number of amides is 1. The van der Waals surface area contributed by atoms with Gasteiger partial charge in [-0.05, 0) is 19.9 Å². The van der Waals surface area contributed by atoms with Crippen molar-refractivity contribution in [2.75, 3.05) is 12.3 Å². The fraction of sp³-hybridized carbons (Fsp3) is 0.500. The monoisotopic (exact) mass is 293 g/mol. The van der Waals surface area contributed by atoms with E-state index in [9.17, 15) is 13.2 Å². The summed E-state index contributed by atoms with van der Waals surface area (Å²) in [4.78, 5) is 11.8. The molecule has 0 spiro atoms. The van der Waals surface area contributed by atoms with E-state index in [0.29, 0.717) is 10.7 Å². The van der Waals surface area contributed by atoms with E-state index in [2.05, 4.69) is 5.32 Å². The average Bonchev–Trinajstić information content (AvgIpc) is 2.58. The number of carbonyl (C=O) groups is 1. The number of primary sulfonamides is 1. The number of hydrogen-bond acceptors (Lipinski definition) is 3. The molecule has 1 aromatic rings. The van der Waals surface area contributed by atoms with E-state index < -0.39 is 10.0 Å². The predicted octanol–water partition coefficient (Wildman–Crippen LogP) is 0.741. The highest BCUT2D eigenvalue weighted by Crippen LogP contribution is 2.18. The van der Waals surface area contributed by atoms with Gasteiger partial charge in [-0.3, -0.25) is 4.79 Å². The van der Waals surface area contributed by atoms with E-state index in [-0.39, 0.29) is 24.2 Å². The molecule has 0 atom stereocenters. The number of nitrogens with two attached hydrogens (primary N) is 1. The summed E-state index contributed by atoms with van der Waals surface area (Å²) in [5.41, 5.74) is 0.393. The van der Waals surface area contributed by atoms with Gasteiger partial charge in [0.25, 0.3) is 5.91 Å². The van der Waals surface area contributed by atoms with E-state index in [1.165, 1.54) is 6.07 Å². The highest BCUT2D eigenvalue weighted by molar-refractivity contribution is 7.89. The van der Waals surface area contributed by atoms with Crippen molar-refractivity contribution in [3.05, 3.63) is 23.0 Å². The molecule has 0 aliphatic carbocycles. The van der Waals surface area contributed by atoms with Gasteiger partial charge in [-0.1, -0.05) is 11.6 Å². The number of nitrogens with zero attached hydrogens (tertiary/aromatic N) is 1. The molecule has 0 radical (unpaired) electrons. The van der Waals surface area contributed by atoms with Crippen LogP contribution in [-0.2, 0) is 10.0 Å². The Balaban J connectivity index is 2.73. The summed E-state index contributed by atoms with van der Waals surface area (Å²) in [5, 5.41) is 7.78. The quantitative estimate of drug-likeness (QED) is 0.838. The molecular weight excluding hydrogens is 278 g/mol. The van der Waals surface area contributed by atoms with Crippen molar-refractivity contribution in [3.8, 4) is 0 Å². The van der Waals surface area contributed by atoms with E-state index in [4.69, 9.17) is 16.7 Å². The average molecular weight is 294 g/mol. The Morgan fingerprint density at radius 3 is 2.67 bits per heavy atom. The van der Waals surface area contributed by atoms with Gasteiger partial charge in [0.1, 0.15) is 5.69 Å². The van der Waals surface area contributed by atoms with E-state index in [1.54, 1.807) is 10.8 Å². The van der Waals surface area contributed by atoms with Crippen LogP contribution in [0.3, 0.4) is 0 Å². The molecule has 0 saturated carbocycles. The third-order valence-corrected chi connectivity index (χ3v) is 3.26. The van der Waals surface area contributed by atoms with Gasteiger partial charge in [-0.15, -0.1) is 0 Å². The second-order valence-corrected chi connectivity index (χ2v) is 6.34. The molecule has 0 aromatic carbocycles. The first-order chi connectivity index (χ1) is 8.20. The third kappa shape index (κ3) is 4.32. The van der Waals surface area contributed by atoms with Gasteiger partial charge in [0.2, 0.25) is 10.0 Å². The summed E-state index contributed by atoms with van der Waals surface area (Å²) in [6, 6.07) is 1.62. The summed E-state index contributed by atoms with van der Waals surface area (Å²) in [6.07, 6.45) is 1.65. The maximum absolute atomic E-state index is 11.8. The highest BCUT2D eigenvalue weighted by atomic mass is 35.5. The van der Waals surface area contributed by atoms with Crippen molar-refractivity contribution in [2.45, 2.75) is 19.9 Å². The van der Waals surface area contributed by atoms with Crippen molar-refractivity contribution in [1.82, 2.24) is 9.88 Å². The maximum atomic E-state index is 11.8. The Morgan fingerprint density at radius 2 is 2.17 bits per heavy atom. The molecule has 0 bridgehead atoms. The molecule has 1 amide bonds. The summed E-state index contributed by atoms with van der Waals surface area (Å²) in [5.74, 6) is -0.672. The Labute approximate surface area is 111 Å². The van der Waals surface area contributed by atoms with Crippen LogP contribution >= 0.6 is 11.6 Å². The number of aromatic nitrogens is 1. The van der Waals surface area contributed by atoms with Crippen molar-refractivity contribution in [3.63, 3.8) is 0 Å². The molecular formula is C10H16ClN3O3S. The van der Waals surface area contributed by atoms with Crippen LogP contribution in [0, 0.1) is 0 Å². The van der Waals surface area contributed by atoms with Crippen LogP contribution in [-0.4, -0.2) is 31.2 Å². The van der Waals surface area contributed by atoms with Crippen molar-refractivity contribution >= 4 is 27.5 Å². The van der Waals surface area contributed by atoms with Gasteiger partial charge < -0.3 is 9.88 Å². The summed E-state index contributed by atoms with van der Waals surface area (Å²) in [6.45, 7) is 3.80. The number of halogens is 1. The van der Waals surface area contributed by atoms with Crippen LogP contribution in [0.1, 0.15) is 30.4 Å². The van der Waals surface area contributed by atoms with Crippen molar-refractivity contribution < 1.29 is 13.2 Å². The number of carbonyl (C=O) groups excluding carboxylic acids is 1. The lowest BCUT2D eigenvalue weighted by atomic mass is 10.3. The molecule has 18 heavy (non-hydrogen) atoms. The van der Waals surface area contributed by atoms with Gasteiger partial charge in [-0.2, -0.15) is 0 Å². The normalized spacial score (nSPS) is 11.8. The summed E-state index contributed by atoms with van der Waals surface area (Å²) >= 11 is 5.84. The molecule has 0 fully saturated rings. The van der Waals surface area contributed by atoms with Crippen LogP contribution in [0.15, 0.2) is 12.3 Å². The first-order valence-corrected chi connectivity index (χ1v) is 7.46. The zero-order valence-corrected chi connectivity index (χ0v) is 11.8. The molecule has 3 N–H and O–H groups in total. The number of nitrogens with one attached hydrogen (secondary N) is 1. The van der Waals surface area contributed by atoms with E-state index in [0.717, 1.165) is 0 Å². The van der Waals surface area contributed by atoms with E-state index in [1.807, 2.05) is 13.8 Å². The van der Waals surface area contributed by atoms with Gasteiger partial charge >= 0.3 is 0 Å². The largest absolute Gasteiger partial charge is 0.350 e. The standard InChI is InChI=1S/C10H16ClN3O3S/c1-7(2)14-6-8(11)5-9(14)10(15)13-3-4-18(12,16)17/h5-7H,3-4H2,1-2H3,(H,13,15)(H2,12,16,17). The van der Waals surface area contributed by atoms with Crippen LogP contribution < -0.4 is 10.5 Å². The van der Waals surface area contributed by atoms with Gasteiger partial charge in [0.05, 0.1) is 10.8 Å². The lowest BCUT2D eigenvalue weighted by molar-refractivity contribution is 0.0945. The maximum Gasteiger partial charge on any atom is 0.268 e. The van der Waals surface area contributed by atoms with Crippen LogP contribution in [0.2, 0.25) is 5.02 Å². The van der Waals surface area contributed by atoms with Crippen LogP contribution in [0.25, 0.3) is 0 Å². The molecule has 0 aliphatic heterocycles. The molecule has 6 nitrogen and oxygen atoms in total. The first kappa shape index (κ1) is 15.0. The van der Waals surface area contributed by atoms with Crippen molar-refractivity contribution in [1.29, 1.82) is 0 Å². The Hall–Kier alpha value is -1.05. The van der Waals surface area contributed by atoms with Gasteiger partial charge in [-0.25, -0.2) is 13.6 Å². The number of hydrogen-bond donors (Lipinski definition) is 2. The van der Waals surface area contributed by atoms with Gasteiger partial charge in [0.15, 0.2) is 0 Å². The minimum atomic E-state index is -3.57. The Kier molecular flexibility index (Phi) is 4.78. The zero-order valence-electron chi connectivity index (χ0n) is 10.2. The Morgan fingerprint density at radius 1 is 1.56 bits per heavy atom. The highest BCUT2D eigenvalue weighted by Gasteiger charge is 2.15. The summed E-state index contributed by atoms with van der Waals surface area (Å²) in [7, 11) is -3.57. The molecule has 1 aromatic heterocycles. The van der Waals surface area contributed by atoms with Crippen LogP contribution in [0.5, 0.6) is 0 Å². The molecule has 0 aliphatic rings. The fourth-order valence-electron chi connectivity index (χ4n) is 1.45. The smallest absolute Gasteiger partial charge is 0.268 e. The lowest BCUT2D eigenvalue weighted by Crippen LogP contribution is -2.32. The first-order valence-electron chi connectivity index (χ1n) is 5.37. The number of sulfonamides is 1. The second kappa shape index (κ2) is 5.73. The summed E-state index contributed by atoms with van der Waals surface area (Å²) < 4.78 is 23.2. The van der Waals surface area contributed by atoms with Crippen molar-refractivity contribution in [2.24, 2.45) is 5.14 Å². The zero-order chi connectivity index (χ0) is 13.9. The third-order valence-electron chi connectivity index (χ3n) is 2.28. The molecule has 102 valence electrons. The fourth-order valence-corrected chi connectivity index (χ4v) is 2.05. The molecule has 8 heteroatoms. The second-order valence-electron chi connectivity index (χ2n) is 4.17. The molecule has 0 unspecified atom stereocenters. The lowest BCUT2D eigenvalue weighted by Gasteiger charge is -2.12. The van der Waals surface area contributed by atoms with Crippen LogP contribution in [0.4, 0.5) is 0 Å². The number of rotatable bonds is 5. The Bertz CT molecular complexity index is 537. The molecule has 0 saturated heterocycles. The van der Waals surface area contributed by atoms with Gasteiger partial charge in [0, 0.05) is 18.8 Å². The SMILES string of the molecule is CC(C)n1cc(Cl)cc1C(=O)NCCS(N)(=O)=O. The minimum absolute atomic E-state index is 0.0292. The molecule has 1 rings (SSSR count). The topological polar surface area (TPSA) is 94.2 Å². The van der Waals surface area contributed by atoms with E-state index >= 15 is 0 Å². The predicted molar refractivity (Wildman–Crippen MR) is 70.1 cm³/mol. The molecule has 1 heterocycles.